The number of amides is 1. The van der Waals surface area contributed by atoms with Gasteiger partial charge in [-0.3, -0.25) is 19.3 Å². The van der Waals surface area contributed by atoms with Gasteiger partial charge in [0.05, 0.1) is 56.1 Å². The summed E-state index contributed by atoms with van der Waals surface area (Å²) < 4.78 is 23.2. The van der Waals surface area contributed by atoms with Crippen molar-refractivity contribution in [3.8, 4) is 0 Å². The Bertz CT molecular complexity index is 1270. The number of carbonyl (C=O) groups excluding carboxylic acids is 4. The molecule has 0 bridgehead atoms. The molecule has 9 nitrogen and oxygen atoms in total. The summed E-state index contributed by atoms with van der Waals surface area (Å²) in [6.45, 7) is 15.2. The van der Waals surface area contributed by atoms with Crippen LogP contribution in [0.15, 0.2) is 35.6 Å². The second kappa shape index (κ2) is 12.8. The number of allylic oxidation sites excluding steroid dienone is 1. The van der Waals surface area contributed by atoms with E-state index in [9.17, 15) is 19.2 Å². The van der Waals surface area contributed by atoms with Crippen molar-refractivity contribution in [1.82, 2.24) is 0 Å². The third-order valence-electron chi connectivity index (χ3n) is 10.0. The Kier molecular flexibility index (Phi) is 9.78. The van der Waals surface area contributed by atoms with Crippen LogP contribution in [0.3, 0.4) is 0 Å². The molecule has 1 aromatic rings. The van der Waals surface area contributed by atoms with E-state index >= 15 is 0 Å². The first kappa shape index (κ1) is 32.8. The number of esters is 2. The van der Waals surface area contributed by atoms with Crippen molar-refractivity contribution >= 4 is 37.8 Å². The molecule has 4 rings (SSSR count). The van der Waals surface area contributed by atoms with Crippen molar-refractivity contribution in [2.75, 3.05) is 25.7 Å². The standard InChI is InChI=1S/C33H47NO8Si/c1-10-41-33(38)34-26-14-12-11-13-21(26)30(35)29-23-16-25(32(37)40-9)24(31(36)39-8)15-22(23)28(17-27(29)34)42-43(18(2)3,19(4)5)20(6)7/h11-14,18-20,23-25,27,29H,10,15-17H2,1-9H3/t23-,24+,25-,27+,29-/m1/s1. The molecule has 1 aromatic carbocycles. The molecule has 10 heteroatoms. The number of hydrogen-bond acceptors (Lipinski definition) is 8. The molecular weight excluding hydrogens is 566 g/mol. The Hall–Kier alpha value is -3.14. The zero-order valence-electron chi connectivity index (χ0n) is 27.0. The Labute approximate surface area is 256 Å². The van der Waals surface area contributed by atoms with Gasteiger partial charge in [0.1, 0.15) is 0 Å². The molecule has 2 aliphatic carbocycles. The summed E-state index contributed by atoms with van der Waals surface area (Å²) in [5, 5.41) is 0. The lowest BCUT2D eigenvalue weighted by Gasteiger charge is -2.52. The van der Waals surface area contributed by atoms with Gasteiger partial charge in [-0.2, -0.15) is 0 Å². The molecule has 0 N–H and O–H groups in total. The highest BCUT2D eigenvalue weighted by Gasteiger charge is 2.57. The number of carbonyl (C=O) groups is 4. The van der Waals surface area contributed by atoms with Crippen molar-refractivity contribution in [2.45, 2.75) is 90.4 Å². The zero-order chi connectivity index (χ0) is 31.8. The van der Waals surface area contributed by atoms with Crippen LogP contribution in [0.5, 0.6) is 0 Å². The first-order chi connectivity index (χ1) is 20.3. The van der Waals surface area contributed by atoms with Gasteiger partial charge in [-0.1, -0.05) is 53.7 Å². The quantitative estimate of drug-likeness (QED) is 0.182. The fourth-order valence-corrected chi connectivity index (χ4v) is 13.6. The summed E-state index contributed by atoms with van der Waals surface area (Å²) in [6, 6.07) is 6.54. The maximum atomic E-state index is 14.3. The van der Waals surface area contributed by atoms with Crippen LogP contribution < -0.4 is 4.90 Å². The summed E-state index contributed by atoms with van der Waals surface area (Å²) in [6.07, 6.45) is 0.226. The summed E-state index contributed by atoms with van der Waals surface area (Å²) >= 11 is 0. The molecular formula is C33H47NO8Si. The van der Waals surface area contributed by atoms with Gasteiger partial charge < -0.3 is 18.6 Å². The third kappa shape index (κ3) is 5.51. The van der Waals surface area contributed by atoms with E-state index < -0.39 is 56.1 Å². The molecule has 1 heterocycles. The minimum Gasteiger partial charge on any atom is -0.546 e. The van der Waals surface area contributed by atoms with Gasteiger partial charge >= 0.3 is 18.0 Å². The van der Waals surface area contributed by atoms with E-state index in [4.69, 9.17) is 18.6 Å². The average Bonchev–Trinajstić information content (AvgIpc) is 2.97. The predicted octanol–water partition coefficient (Wildman–Crippen LogP) is 6.67. The van der Waals surface area contributed by atoms with Gasteiger partial charge in [-0.15, -0.1) is 0 Å². The van der Waals surface area contributed by atoms with Crippen LogP contribution in [0.1, 0.15) is 78.1 Å². The van der Waals surface area contributed by atoms with Gasteiger partial charge in [-0.05, 0) is 60.0 Å². The highest BCUT2D eigenvalue weighted by molar-refractivity contribution is 6.77. The largest absolute Gasteiger partial charge is 0.546 e. The molecule has 0 unspecified atom stereocenters. The maximum Gasteiger partial charge on any atom is 0.414 e. The van der Waals surface area contributed by atoms with Crippen LogP contribution in [0, 0.1) is 23.7 Å². The number of hydrogen-bond donors (Lipinski definition) is 0. The molecule has 0 aromatic heterocycles. The van der Waals surface area contributed by atoms with E-state index in [1.807, 2.05) is 6.07 Å². The number of ketones is 1. The van der Waals surface area contributed by atoms with Gasteiger partial charge in [0.15, 0.2) is 5.78 Å². The van der Waals surface area contributed by atoms with E-state index in [2.05, 4.69) is 41.5 Å². The van der Waals surface area contributed by atoms with Crippen molar-refractivity contribution < 1.29 is 37.8 Å². The van der Waals surface area contributed by atoms with Gasteiger partial charge in [0.25, 0.3) is 8.32 Å². The van der Waals surface area contributed by atoms with Crippen molar-refractivity contribution in [1.29, 1.82) is 0 Å². The van der Waals surface area contributed by atoms with Crippen LogP contribution in [-0.2, 0) is 28.2 Å². The molecule has 3 aliphatic rings. The SMILES string of the molecule is CCOC(=O)N1c2ccccc2C(=O)[C@@H]2[C@@H]3C[C@@H](C(=O)OC)[C@@H](C(=O)OC)CC3=C(O[Si](C(C)C)(C(C)C)C(C)C)C[C@@H]21. The smallest absolute Gasteiger partial charge is 0.414 e. The second-order valence-corrected chi connectivity index (χ2v) is 18.3. The van der Waals surface area contributed by atoms with E-state index in [0.29, 0.717) is 17.7 Å². The Morgan fingerprint density at radius 3 is 2.05 bits per heavy atom. The van der Waals surface area contributed by atoms with Crippen molar-refractivity contribution in [2.24, 2.45) is 23.7 Å². The first-order valence-electron chi connectivity index (χ1n) is 15.5. The molecule has 43 heavy (non-hydrogen) atoms. The normalized spacial score (nSPS) is 25.3. The van der Waals surface area contributed by atoms with Crippen LogP contribution in [0.25, 0.3) is 0 Å². The highest BCUT2D eigenvalue weighted by atomic mass is 28.4. The fraction of sp³-hybridized carbons (Fsp3) is 0.636. The van der Waals surface area contributed by atoms with E-state index in [-0.39, 0.29) is 41.9 Å². The van der Waals surface area contributed by atoms with Crippen LogP contribution in [-0.4, -0.2) is 59.0 Å². The molecule has 0 saturated heterocycles. The lowest BCUT2D eigenvalue weighted by atomic mass is 9.60. The van der Waals surface area contributed by atoms with Gasteiger partial charge in [0.2, 0.25) is 0 Å². The van der Waals surface area contributed by atoms with E-state index in [0.717, 1.165) is 11.3 Å². The summed E-state index contributed by atoms with van der Waals surface area (Å²) in [7, 11) is 0.133. The number of nitrogens with zero attached hydrogens (tertiary/aromatic N) is 1. The predicted molar refractivity (Wildman–Crippen MR) is 165 cm³/mol. The topological polar surface area (TPSA) is 108 Å². The Morgan fingerprint density at radius 2 is 1.49 bits per heavy atom. The zero-order valence-corrected chi connectivity index (χ0v) is 28.0. The number of anilines is 1. The summed E-state index contributed by atoms with van der Waals surface area (Å²) in [5.41, 5.74) is 2.66. The Morgan fingerprint density at radius 1 is 0.907 bits per heavy atom. The highest BCUT2D eigenvalue weighted by Crippen LogP contribution is 2.55. The Balaban J connectivity index is 1.97. The lowest BCUT2D eigenvalue weighted by Crippen LogP contribution is -2.58. The summed E-state index contributed by atoms with van der Waals surface area (Å²) in [5.74, 6) is -2.98. The van der Waals surface area contributed by atoms with E-state index in [1.54, 1.807) is 30.0 Å². The number of ether oxygens (including phenoxy) is 3. The molecule has 1 saturated carbocycles. The molecule has 236 valence electrons. The van der Waals surface area contributed by atoms with Gasteiger partial charge in [-0.25, -0.2) is 4.79 Å². The molecule has 5 atom stereocenters. The van der Waals surface area contributed by atoms with Crippen LogP contribution in [0.4, 0.5) is 10.5 Å². The van der Waals surface area contributed by atoms with Crippen LogP contribution >= 0.6 is 0 Å². The number of methoxy groups -OCH3 is 2. The number of fused-ring (bicyclic) bond motifs is 4. The number of Topliss-reactive ketones (excluding diaryl/α,β-unsaturated/α-hetero) is 1. The average molecular weight is 614 g/mol. The van der Waals surface area contributed by atoms with Crippen molar-refractivity contribution in [3.63, 3.8) is 0 Å². The number of para-hydroxylation sites is 1. The van der Waals surface area contributed by atoms with Crippen LogP contribution in [0.2, 0.25) is 16.6 Å². The lowest BCUT2D eigenvalue weighted by molar-refractivity contribution is -0.159. The molecule has 1 fully saturated rings. The number of rotatable bonds is 8. The minimum absolute atomic E-state index is 0.0806. The third-order valence-corrected chi connectivity index (χ3v) is 16.0. The fourth-order valence-electron chi connectivity index (χ4n) is 8.28. The minimum atomic E-state index is -2.49. The molecule has 1 amide bonds. The first-order valence-corrected chi connectivity index (χ1v) is 17.6. The van der Waals surface area contributed by atoms with Gasteiger partial charge in [0, 0.05) is 12.0 Å². The molecule has 1 aliphatic heterocycles. The maximum absolute atomic E-state index is 14.3. The molecule has 0 spiro atoms. The van der Waals surface area contributed by atoms with Crippen molar-refractivity contribution in [3.05, 3.63) is 41.2 Å². The second-order valence-electron chi connectivity index (χ2n) is 12.9. The summed E-state index contributed by atoms with van der Waals surface area (Å²) in [4.78, 5) is 55.8. The number of benzene rings is 1. The molecule has 0 radical (unpaired) electrons. The van der Waals surface area contributed by atoms with E-state index in [1.165, 1.54) is 14.2 Å². The monoisotopic (exact) mass is 613 g/mol.